The molecular formula is C12H17BrN4S2. The standard InChI is InChI=1S/C12H17BrN4S2/c1-4-9(14)11(10-5-8(13)6-18-10)19-12-16-15-7(2)17(12)3/h5-6,9,11H,4,14H2,1-3H3. The lowest BCUT2D eigenvalue weighted by molar-refractivity contribution is 0.635. The van der Waals surface area contributed by atoms with Gasteiger partial charge in [0, 0.05) is 27.8 Å². The second kappa shape index (κ2) is 6.39. The second-order valence-corrected chi connectivity index (χ2v) is 7.33. The van der Waals surface area contributed by atoms with Crippen LogP contribution in [0.5, 0.6) is 0 Å². The smallest absolute Gasteiger partial charge is 0.191 e. The van der Waals surface area contributed by atoms with Crippen molar-refractivity contribution < 1.29 is 0 Å². The Balaban J connectivity index is 2.26. The molecule has 0 fully saturated rings. The molecule has 104 valence electrons. The van der Waals surface area contributed by atoms with Crippen molar-refractivity contribution in [2.75, 3.05) is 0 Å². The number of aryl methyl sites for hydroxylation is 1. The van der Waals surface area contributed by atoms with E-state index in [0.29, 0.717) is 0 Å². The van der Waals surface area contributed by atoms with Crippen molar-refractivity contribution in [3.8, 4) is 0 Å². The van der Waals surface area contributed by atoms with E-state index in [1.165, 1.54) is 4.88 Å². The first-order valence-corrected chi connectivity index (χ1v) is 8.60. The van der Waals surface area contributed by atoms with Gasteiger partial charge in [-0.15, -0.1) is 21.5 Å². The fourth-order valence-corrected chi connectivity index (χ4v) is 4.62. The van der Waals surface area contributed by atoms with E-state index >= 15 is 0 Å². The van der Waals surface area contributed by atoms with Gasteiger partial charge in [0.05, 0.1) is 5.25 Å². The largest absolute Gasteiger partial charge is 0.326 e. The number of aromatic nitrogens is 3. The Hall–Kier alpha value is -0.370. The topological polar surface area (TPSA) is 56.7 Å². The summed E-state index contributed by atoms with van der Waals surface area (Å²) in [5.74, 6) is 0.915. The van der Waals surface area contributed by atoms with E-state index in [2.05, 4.69) is 44.5 Å². The van der Waals surface area contributed by atoms with Gasteiger partial charge in [0.2, 0.25) is 0 Å². The molecule has 0 aliphatic heterocycles. The third-order valence-corrected chi connectivity index (χ3v) is 6.36. The normalized spacial score (nSPS) is 14.6. The highest BCUT2D eigenvalue weighted by Crippen LogP contribution is 2.40. The SMILES string of the molecule is CCC(N)C(Sc1nnc(C)n1C)c1cc(Br)cs1. The Morgan fingerprint density at radius 3 is 2.74 bits per heavy atom. The van der Waals surface area contributed by atoms with Crippen LogP contribution in [-0.4, -0.2) is 20.8 Å². The zero-order valence-corrected chi connectivity index (χ0v) is 14.3. The van der Waals surface area contributed by atoms with Crippen LogP contribution >= 0.6 is 39.0 Å². The molecule has 2 heterocycles. The lowest BCUT2D eigenvalue weighted by Gasteiger charge is -2.20. The van der Waals surface area contributed by atoms with E-state index in [1.54, 1.807) is 23.1 Å². The van der Waals surface area contributed by atoms with Gasteiger partial charge in [-0.25, -0.2) is 0 Å². The molecule has 0 amide bonds. The third-order valence-electron chi connectivity index (χ3n) is 3.01. The molecule has 0 radical (unpaired) electrons. The monoisotopic (exact) mass is 360 g/mol. The molecule has 0 saturated heterocycles. The molecule has 2 aromatic heterocycles. The van der Waals surface area contributed by atoms with Crippen LogP contribution in [0.4, 0.5) is 0 Å². The molecule has 0 aliphatic carbocycles. The minimum absolute atomic E-state index is 0.104. The summed E-state index contributed by atoms with van der Waals surface area (Å²) in [6, 6.07) is 2.24. The number of rotatable bonds is 5. The molecule has 0 aromatic carbocycles. The minimum atomic E-state index is 0.104. The molecule has 19 heavy (non-hydrogen) atoms. The van der Waals surface area contributed by atoms with E-state index in [-0.39, 0.29) is 11.3 Å². The number of nitrogens with zero attached hydrogens (tertiary/aromatic N) is 3. The molecule has 2 unspecified atom stereocenters. The maximum atomic E-state index is 6.28. The average Bonchev–Trinajstić information content (AvgIpc) is 2.95. The van der Waals surface area contributed by atoms with E-state index < -0.39 is 0 Å². The van der Waals surface area contributed by atoms with Crippen LogP contribution < -0.4 is 5.73 Å². The maximum absolute atomic E-state index is 6.28. The predicted octanol–water partition coefficient (Wildman–Crippen LogP) is 3.52. The molecule has 2 atom stereocenters. The van der Waals surface area contributed by atoms with Crippen LogP contribution in [0.25, 0.3) is 0 Å². The van der Waals surface area contributed by atoms with Gasteiger partial charge < -0.3 is 10.3 Å². The second-order valence-electron chi connectivity index (χ2n) is 4.37. The molecule has 4 nitrogen and oxygen atoms in total. The summed E-state index contributed by atoms with van der Waals surface area (Å²) >= 11 is 6.92. The van der Waals surface area contributed by atoms with Gasteiger partial charge in [0.15, 0.2) is 5.16 Å². The fourth-order valence-electron chi connectivity index (χ4n) is 1.65. The number of hydrogen-bond acceptors (Lipinski definition) is 5. The molecule has 0 aliphatic rings. The number of halogens is 1. The molecular weight excluding hydrogens is 344 g/mol. The Labute approximate surface area is 129 Å². The number of nitrogens with two attached hydrogens (primary N) is 1. The highest BCUT2D eigenvalue weighted by atomic mass is 79.9. The van der Waals surface area contributed by atoms with Crippen molar-refractivity contribution in [2.45, 2.75) is 36.7 Å². The molecule has 0 saturated carbocycles. The number of thioether (sulfide) groups is 1. The minimum Gasteiger partial charge on any atom is -0.326 e. The summed E-state index contributed by atoms with van der Waals surface area (Å²) in [6.07, 6.45) is 0.935. The Morgan fingerprint density at radius 1 is 1.53 bits per heavy atom. The molecule has 7 heteroatoms. The first-order valence-electron chi connectivity index (χ1n) is 6.05. The maximum Gasteiger partial charge on any atom is 0.191 e. The Morgan fingerprint density at radius 2 is 2.26 bits per heavy atom. The van der Waals surface area contributed by atoms with Gasteiger partial charge in [-0.3, -0.25) is 0 Å². The van der Waals surface area contributed by atoms with Gasteiger partial charge in [-0.05, 0) is 35.3 Å². The summed E-state index contributed by atoms with van der Waals surface area (Å²) in [5, 5.41) is 11.5. The van der Waals surface area contributed by atoms with E-state index in [1.807, 2.05) is 18.5 Å². The van der Waals surface area contributed by atoms with Crippen molar-refractivity contribution in [1.29, 1.82) is 0 Å². The van der Waals surface area contributed by atoms with Crippen LogP contribution in [0.2, 0.25) is 0 Å². The highest BCUT2D eigenvalue weighted by molar-refractivity contribution is 9.10. The molecule has 2 aromatic rings. The van der Waals surface area contributed by atoms with Gasteiger partial charge in [0.25, 0.3) is 0 Å². The summed E-state index contributed by atoms with van der Waals surface area (Å²) in [7, 11) is 1.98. The number of thiophene rings is 1. The molecule has 2 N–H and O–H groups in total. The van der Waals surface area contributed by atoms with E-state index in [0.717, 1.165) is 21.9 Å². The zero-order valence-electron chi connectivity index (χ0n) is 11.1. The van der Waals surface area contributed by atoms with Crippen molar-refractivity contribution in [1.82, 2.24) is 14.8 Å². The van der Waals surface area contributed by atoms with Crippen molar-refractivity contribution in [3.63, 3.8) is 0 Å². The predicted molar refractivity (Wildman–Crippen MR) is 84.6 cm³/mol. The lowest BCUT2D eigenvalue weighted by atomic mass is 10.1. The van der Waals surface area contributed by atoms with Crippen LogP contribution in [0.15, 0.2) is 21.1 Å². The van der Waals surface area contributed by atoms with Crippen LogP contribution in [0.1, 0.15) is 29.3 Å². The van der Waals surface area contributed by atoms with Crippen molar-refractivity contribution in [2.24, 2.45) is 12.8 Å². The molecule has 2 rings (SSSR count). The van der Waals surface area contributed by atoms with Gasteiger partial charge in [-0.1, -0.05) is 18.7 Å². The third kappa shape index (κ3) is 3.39. The Kier molecular flexibility index (Phi) is 5.05. The highest BCUT2D eigenvalue weighted by Gasteiger charge is 2.24. The van der Waals surface area contributed by atoms with Crippen molar-refractivity contribution >= 4 is 39.0 Å². The number of hydrogen-bond donors (Lipinski definition) is 1. The zero-order chi connectivity index (χ0) is 14.0. The van der Waals surface area contributed by atoms with Gasteiger partial charge >= 0.3 is 0 Å². The van der Waals surface area contributed by atoms with E-state index in [9.17, 15) is 0 Å². The van der Waals surface area contributed by atoms with Gasteiger partial charge in [-0.2, -0.15) is 0 Å². The van der Waals surface area contributed by atoms with E-state index in [4.69, 9.17) is 5.73 Å². The average molecular weight is 361 g/mol. The summed E-state index contributed by atoms with van der Waals surface area (Å²) < 4.78 is 3.11. The van der Waals surface area contributed by atoms with Crippen LogP contribution in [-0.2, 0) is 7.05 Å². The van der Waals surface area contributed by atoms with Gasteiger partial charge in [0.1, 0.15) is 5.82 Å². The molecule has 0 bridgehead atoms. The lowest BCUT2D eigenvalue weighted by Crippen LogP contribution is -2.25. The quantitative estimate of drug-likeness (QED) is 0.828. The van der Waals surface area contributed by atoms with Crippen molar-refractivity contribution in [3.05, 3.63) is 26.6 Å². The summed E-state index contributed by atoms with van der Waals surface area (Å²) in [4.78, 5) is 1.27. The Bertz CT molecular complexity index is 552. The first-order chi connectivity index (χ1) is 9.02. The summed E-state index contributed by atoms with van der Waals surface area (Å²) in [6.45, 7) is 4.07. The fraction of sp³-hybridized carbons (Fsp3) is 0.500. The van der Waals surface area contributed by atoms with Crippen LogP contribution in [0, 0.1) is 6.92 Å². The first kappa shape index (κ1) is 15.0. The van der Waals surface area contributed by atoms with Crippen LogP contribution in [0.3, 0.4) is 0 Å². The molecule has 0 spiro atoms. The summed E-state index contributed by atoms with van der Waals surface area (Å²) in [5.41, 5.74) is 6.28.